The first-order chi connectivity index (χ1) is 11.7. The Morgan fingerprint density at radius 1 is 0.708 bits per heavy atom. The van der Waals surface area contributed by atoms with E-state index >= 15 is 0 Å². The van der Waals surface area contributed by atoms with Gasteiger partial charge in [0, 0.05) is 10.8 Å². The van der Waals surface area contributed by atoms with Gasteiger partial charge in [-0.3, -0.25) is 0 Å². The van der Waals surface area contributed by atoms with E-state index in [1.165, 1.54) is 5.56 Å². The van der Waals surface area contributed by atoms with Crippen molar-refractivity contribution in [2.75, 3.05) is 0 Å². The number of fused-ring (bicyclic) bond motifs is 2. The molecule has 0 aliphatic rings. The molecule has 0 fully saturated rings. The van der Waals surface area contributed by atoms with Crippen LogP contribution in [0.1, 0.15) is 5.56 Å². The van der Waals surface area contributed by atoms with Crippen LogP contribution in [0.25, 0.3) is 21.8 Å². The van der Waals surface area contributed by atoms with Gasteiger partial charge in [-0.25, -0.2) is 9.97 Å². The Hall–Kier alpha value is -2.24. The highest BCUT2D eigenvalue weighted by Crippen LogP contribution is 2.37. The lowest BCUT2D eigenvalue weighted by Crippen LogP contribution is -1.85. The zero-order valence-corrected chi connectivity index (χ0v) is 14.6. The number of rotatable bonds is 3. The summed E-state index contributed by atoms with van der Waals surface area (Å²) in [5.74, 6) is 0.208. The molecule has 0 amide bonds. The lowest BCUT2D eigenvalue weighted by Gasteiger charge is -2.05. The van der Waals surface area contributed by atoms with Gasteiger partial charge < -0.3 is 5.11 Å². The molecule has 0 radical (unpaired) electrons. The third-order valence-corrected chi connectivity index (χ3v) is 5.94. The van der Waals surface area contributed by atoms with Crippen molar-refractivity contribution >= 4 is 43.4 Å². The minimum absolute atomic E-state index is 0.208. The van der Waals surface area contributed by atoms with Crippen LogP contribution in [-0.2, 0) is 0 Å². The number of aromatic nitrogens is 2. The molecule has 0 aliphatic heterocycles. The van der Waals surface area contributed by atoms with E-state index in [0.29, 0.717) is 5.52 Å². The monoisotopic (exact) mass is 350 g/mol. The van der Waals surface area contributed by atoms with E-state index in [1.807, 2.05) is 36.4 Å². The molecule has 0 aliphatic carbocycles. The molecule has 0 saturated carbocycles. The fraction of sp³-hybridized carbons (Fsp3) is 0.0526. The highest BCUT2D eigenvalue weighted by molar-refractivity contribution is 8.76. The molecule has 0 saturated heterocycles. The first-order valence-corrected chi connectivity index (χ1v) is 9.65. The number of pyridine rings is 2. The van der Waals surface area contributed by atoms with Crippen LogP contribution in [-0.4, -0.2) is 15.1 Å². The highest BCUT2D eigenvalue weighted by Gasteiger charge is 2.06. The molecule has 118 valence electrons. The van der Waals surface area contributed by atoms with Gasteiger partial charge >= 0.3 is 0 Å². The molecule has 4 aromatic rings. The van der Waals surface area contributed by atoms with Crippen molar-refractivity contribution in [1.29, 1.82) is 0 Å². The molecule has 2 heterocycles. The minimum Gasteiger partial charge on any atom is -0.506 e. The Bertz CT molecular complexity index is 965. The quantitative estimate of drug-likeness (QED) is 0.488. The summed E-state index contributed by atoms with van der Waals surface area (Å²) in [6.45, 7) is 2.07. The molecule has 0 bridgehead atoms. The number of nitrogens with zero attached hydrogens (tertiary/aromatic N) is 2. The van der Waals surface area contributed by atoms with Gasteiger partial charge in [0.05, 0.1) is 5.52 Å². The summed E-state index contributed by atoms with van der Waals surface area (Å²) in [7, 11) is 3.12. The maximum Gasteiger partial charge on any atom is 0.141 e. The average molecular weight is 350 g/mol. The minimum atomic E-state index is 0.208. The third kappa shape index (κ3) is 2.92. The molecule has 0 unspecified atom stereocenters. The van der Waals surface area contributed by atoms with Gasteiger partial charge in [-0.2, -0.15) is 0 Å². The van der Waals surface area contributed by atoms with E-state index in [2.05, 4.69) is 30.1 Å². The SMILES string of the molecule is Cc1cccc2ccc(SSc3ccc4cccc(O)c4n3)nc12. The third-order valence-electron chi connectivity index (χ3n) is 3.78. The van der Waals surface area contributed by atoms with E-state index in [9.17, 15) is 5.11 Å². The number of aromatic hydroxyl groups is 1. The lowest BCUT2D eigenvalue weighted by atomic mass is 10.1. The van der Waals surface area contributed by atoms with E-state index in [-0.39, 0.29) is 5.75 Å². The number of hydrogen-bond donors (Lipinski definition) is 1. The van der Waals surface area contributed by atoms with Crippen LogP contribution < -0.4 is 0 Å². The average Bonchev–Trinajstić information content (AvgIpc) is 2.61. The van der Waals surface area contributed by atoms with E-state index < -0.39 is 0 Å². The van der Waals surface area contributed by atoms with Crippen molar-refractivity contribution in [3.63, 3.8) is 0 Å². The molecule has 0 atom stereocenters. The Morgan fingerprint density at radius 3 is 2.00 bits per heavy atom. The van der Waals surface area contributed by atoms with E-state index in [1.54, 1.807) is 27.7 Å². The van der Waals surface area contributed by atoms with Gasteiger partial charge in [0.1, 0.15) is 21.3 Å². The predicted octanol–water partition coefficient (Wildman–Crippen LogP) is 5.60. The van der Waals surface area contributed by atoms with Crippen molar-refractivity contribution < 1.29 is 5.11 Å². The van der Waals surface area contributed by atoms with Gasteiger partial charge in [0.25, 0.3) is 0 Å². The standard InChI is InChI=1S/C19H14N2OS2/c1-12-4-2-5-13-8-10-16(20-18(12)13)23-24-17-11-9-14-6-3-7-15(22)19(14)21-17/h2-11,22H,1H3. The summed E-state index contributed by atoms with van der Waals surface area (Å²) in [6, 6.07) is 19.7. The van der Waals surface area contributed by atoms with Crippen molar-refractivity contribution in [2.45, 2.75) is 17.0 Å². The molecule has 24 heavy (non-hydrogen) atoms. The second kappa shape index (κ2) is 6.34. The largest absolute Gasteiger partial charge is 0.506 e. The number of para-hydroxylation sites is 2. The number of aryl methyl sites for hydroxylation is 1. The van der Waals surface area contributed by atoms with Gasteiger partial charge in [-0.05, 0) is 58.3 Å². The number of hydrogen-bond acceptors (Lipinski definition) is 5. The summed E-state index contributed by atoms with van der Waals surface area (Å²) >= 11 is 0. The molecule has 5 heteroatoms. The van der Waals surface area contributed by atoms with Gasteiger partial charge in [-0.15, -0.1) is 0 Å². The number of phenolic OH excluding ortho intramolecular Hbond substituents is 1. The zero-order valence-electron chi connectivity index (χ0n) is 12.9. The van der Waals surface area contributed by atoms with Crippen LogP contribution in [0.3, 0.4) is 0 Å². The summed E-state index contributed by atoms with van der Waals surface area (Å²) in [5, 5.41) is 13.8. The summed E-state index contributed by atoms with van der Waals surface area (Å²) in [5.41, 5.74) is 2.84. The van der Waals surface area contributed by atoms with Crippen molar-refractivity contribution in [1.82, 2.24) is 9.97 Å². The number of phenols is 1. The molecule has 0 spiro atoms. The fourth-order valence-electron chi connectivity index (χ4n) is 2.57. The van der Waals surface area contributed by atoms with Crippen LogP contribution in [0, 0.1) is 6.92 Å². The van der Waals surface area contributed by atoms with Crippen LogP contribution in [0.4, 0.5) is 0 Å². The zero-order chi connectivity index (χ0) is 16.5. The molecular weight excluding hydrogens is 336 g/mol. The maximum absolute atomic E-state index is 9.94. The van der Waals surface area contributed by atoms with Gasteiger partial charge in [-0.1, -0.05) is 36.4 Å². The summed E-state index contributed by atoms with van der Waals surface area (Å²) in [6.07, 6.45) is 0. The first kappa shape index (κ1) is 15.3. The van der Waals surface area contributed by atoms with Crippen molar-refractivity contribution in [3.05, 3.63) is 66.2 Å². The molecule has 3 nitrogen and oxygen atoms in total. The Balaban J connectivity index is 1.60. The van der Waals surface area contributed by atoms with Crippen LogP contribution in [0.2, 0.25) is 0 Å². The van der Waals surface area contributed by atoms with Crippen LogP contribution in [0.15, 0.2) is 70.7 Å². The molecule has 2 aromatic carbocycles. The molecule has 2 aromatic heterocycles. The smallest absolute Gasteiger partial charge is 0.141 e. The summed E-state index contributed by atoms with van der Waals surface area (Å²) in [4.78, 5) is 9.27. The van der Waals surface area contributed by atoms with Gasteiger partial charge in [0.15, 0.2) is 0 Å². The topological polar surface area (TPSA) is 46.0 Å². The second-order valence-corrected chi connectivity index (χ2v) is 7.63. The Labute approximate surface area is 147 Å². The first-order valence-electron chi connectivity index (χ1n) is 7.50. The maximum atomic E-state index is 9.94. The van der Waals surface area contributed by atoms with Crippen LogP contribution >= 0.6 is 21.6 Å². The lowest BCUT2D eigenvalue weighted by molar-refractivity contribution is 0.480. The second-order valence-electron chi connectivity index (χ2n) is 5.46. The van der Waals surface area contributed by atoms with Crippen LogP contribution in [0.5, 0.6) is 5.75 Å². The van der Waals surface area contributed by atoms with Crippen molar-refractivity contribution in [2.24, 2.45) is 0 Å². The molecular formula is C19H14N2OS2. The van der Waals surface area contributed by atoms with E-state index in [0.717, 1.165) is 26.3 Å². The summed E-state index contributed by atoms with van der Waals surface area (Å²) < 4.78 is 0. The molecule has 1 N–H and O–H groups in total. The van der Waals surface area contributed by atoms with Gasteiger partial charge in [0.2, 0.25) is 0 Å². The predicted molar refractivity (Wildman–Crippen MR) is 102 cm³/mol. The van der Waals surface area contributed by atoms with Crippen molar-refractivity contribution in [3.8, 4) is 5.75 Å². The Morgan fingerprint density at radius 2 is 1.29 bits per heavy atom. The van der Waals surface area contributed by atoms with E-state index in [4.69, 9.17) is 4.98 Å². The Kier molecular flexibility index (Phi) is 4.04. The highest BCUT2D eigenvalue weighted by atomic mass is 33.1. The number of benzene rings is 2. The fourth-order valence-corrected chi connectivity index (χ4v) is 4.31. The molecule has 4 rings (SSSR count). The normalized spacial score (nSPS) is 11.2.